The first-order chi connectivity index (χ1) is 8.58. The van der Waals surface area contributed by atoms with Gasteiger partial charge in [-0.15, -0.1) is 0 Å². The number of nitrogens with one attached hydrogen (secondary N) is 2. The van der Waals surface area contributed by atoms with Crippen LogP contribution in [-0.2, 0) is 0 Å². The summed E-state index contributed by atoms with van der Waals surface area (Å²) >= 11 is 0. The Morgan fingerprint density at radius 1 is 1.44 bits per heavy atom. The normalized spacial score (nSPS) is 12.2. The second-order valence-electron chi connectivity index (χ2n) is 3.85. The number of rotatable bonds is 3. The fraction of sp³-hybridized carbons (Fsp3) is 0.167. The Hall–Kier alpha value is -2.24. The number of hydrogen-bond donors (Lipinski definition) is 2. The van der Waals surface area contributed by atoms with Crippen molar-refractivity contribution in [2.75, 3.05) is 0 Å². The Labute approximate surface area is 102 Å². The molecule has 1 heterocycles. The van der Waals surface area contributed by atoms with E-state index in [0.717, 1.165) is 18.2 Å². The minimum Gasteiger partial charge on any atom is -0.345 e. The lowest BCUT2D eigenvalue weighted by molar-refractivity contribution is 0.0939. The number of aromatic amines is 1. The Morgan fingerprint density at radius 3 is 2.89 bits per heavy atom. The number of amides is 1. The predicted octanol–water partition coefficient (Wildman–Crippen LogP) is 2.18. The lowest BCUT2D eigenvalue weighted by Gasteiger charge is -2.14. The van der Waals surface area contributed by atoms with E-state index in [-0.39, 0.29) is 5.56 Å². The third-order valence-corrected chi connectivity index (χ3v) is 2.53. The van der Waals surface area contributed by atoms with Crippen LogP contribution in [0.25, 0.3) is 0 Å². The molecule has 0 bridgehead atoms. The fourth-order valence-electron chi connectivity index (χ4n) is 1.58. The zero-order valence-electron chi connectivity index (χ0n) is 9.58. The number of H-pyrrole nitrogens is 1. The third kappa shape index (κ3) is 2.53. The average Bonchev–Trinajstić information content (AvgIpc) is 2.85. The predicted molar refractivity (Wildman–Crippen MR) is 60.8 cm³/mol. The zero-order valence-corrected chi connectivity index (χ0v) is 9.58. The van der Waals surface area contributed by atoms with Gasteiger partial charge in [0.1, 0.15) is 11.6 Å². The molecule has 2 N–H and O–H groups in total. The first-order valence-electron chi connectivity index (χ1n) is 5.32. The van der Waals surface area contributed by atoms with Gasteiger partial charge in [0, 0.05) is 11.8 Å². The van der Waals surface area contributed by atoms with Crippen molar-refractivity contribution in [3.63, 3.8) is 0 Å². The Bertz CT molecular complexity index is 554. The molecule has 1 aromatic heterocycles. The van der Waals surface area contributed by atoms with E-state index in [1.807, 2.05) is 0 Å². The van der Waals surface area contributed by atoms with Crippen LogP contribution in [0.5, 0.6) is 0 Å². The second kappa shape index (κ2) is 4.95. The van der Waals surface area contributed by atoms with Gasteiger partial charge in [-0.2, -0.15) is 5.10 Å². The summed E-state index contributed by atoms with van der Waals surface area (Å²) in [5.41, 5.74) is 0.436. The molecule has 6 heteroatoms. The summed E-state index contributed by atoms with van der Waals surface area (Å²) in [6.07, 6.45) is 2.77. The van der Waals surface area contributed by atoms with Crippen molar-refractivity contribution >= 4 is 5.91 Å². The maximum Gasteiger partial charge on any atom is 0.254 e. The molecule has 18 heavy (non-hydrogen) atoms. The largest absolute Gasteiger partial charge is 0.345 e. The highest BCUT2D eigenvalue weighted by atomic mass is 19.1. The van der Waals surface area contributed by atoms with Crippen molar-refractivity contribution in [2.45, 2.75) is 13.0 Å². The number of benzene rings is 1. The summed E-state index contributed by atoms with van der Waals surface area (Å²) in [6.45, 7) is 1.58. The molecule has 0 saturated carbocycles. The smallest absolute Gasteiger partial charge is 0.254 e. The van der Waals surface area contributed by atoms with Crippen LogP contribution in [0.1, 0.15) is 28.9 Å². The van der Waals surface area contributed by atoms with Crippen molar-refractivity contribution in [3.8, 4) is 0 Å². The lowest BCUT2D eigenvalue weighted by Crippen LogP contribution is -2.27. The van der Waals surface area contributed by atoms with Gasteiger partial charge in [0.05, 0.1) is 17.8 Å². The molecule has 0 fully saturated rings. The molecule has 2 aromatic rings. The van der Waals surface area contributed by atoms with E-state index in [9.17, 15) is 13.6 Å². The van der Waals surface area contributed by atoms with Gasteiger partial charge in [-0.25, -0.2) is 8.78 Å². The molecule has 1 unspecified atom stereocenters. The number of hydrogen-bond acceptors (Lipinski definition) is 2. The summed E-state index contributed by atoms with van der Waals surface area (Å²) in [5.74, 6) is -1.51. The standard InChI is InChI=1S/C12H11F2N3O/c1-7(10-4-9(13)2-3-11(10)14)17-12(18)8-5-15-16-6-8/h2-7H,1H3,(H,15,16)(H,17,18). The molecule has 94 valence electrons. The van der Waals surface area contributed by atoms with Crippen LogP contribution in [0, 0.1) is 11.6 Å². The van der Waals surface area contributed by atoms with Crippen LogP contribution in [0.15, 0.2) is 30.6 Å². The quantitative estimate of drug-likeness (QED) is 0.878. The molecule has 1 atom stereocenters. The molecule has 0 aliphatic heterocycles. The van der Waals surface area contributed by atoms with Gasteiger partial charge in [0.25, 0.3) is 5.91 Å². The van der Waals surface area contributed by atoms with E-state index in [1.165, 1.54) is 12.4 Å². The van der Waals surface area contributed by atoms with Gasteiger partial charge in [0.15, 0.2) is 0 Å². The minimum absolute atomic E-state index is 0.104. The maximum absolute atomic E-state index is 13.5. The monoisotopic (exact) mass is 251 g/mol. The molecule has 2 rings (SSSR count). The maximum atomic E-state index is 13.5. The molecule has 1 amide bonds. The average molecular weight is 251 g/mol. The topological polar surface area (TPSA) is 57.8 Å². The molecule has 4 nitrogen and oxygen atoms in total. The van der Waals surface area contributed by atoms with E-state index in [1.54, 1.807) is 6.92 Å². The van der Waals surface area contributed by atoms with Crippen LogP contribution in [-0.4, -0.2) is 16.1 Å². The molecule has 0 aliphatic rings. The number of aromatic nitrogens is 2. The highest BCUT2D eigenvalue weighted by Gasteiger charge is 2.15. The molecule has 0 radical (unpaired) electrons. The molecule has 0 saturated heterocycles. The highest BCUT2D eigenvalue weighted by Crippen LogP contribution is 2.18. The summed E-state index contributed by atoms with van der Waals surface area (Å²) in [5, 5.41) is 8.70. The third-order valence-electron chi connectivity index (χ3n) is 2.53. The van der Waals surface area contributed by atoms with Crippen LogP contribution in [0.4, 0.5) is 8.78 Å². The molecule has 1 aromatic carbocycles. The first-order valence-corrected chi connectivity index (χ1v) is 5.32. The number of carbonyl (C=O) groups excluding carboxylic acids is 1. The summed E-state index contributed by atoms with van der Waals surface area (Å²) in [4.78, 5) is 11.7. The van der Waals surface area contributed by atoms with Crippen LogP contribution < -0.4 is 5.32 Å². The van der Waals surface area contributed by atoms with Crippen molar-refractivity contribution in [3.05, 3.63) is 53.4 Å². The van der Waals surface area contributed by atoms with E-state index in [0.29, 0.717) is 5.56 Å². The Balaban J connectivity index is 2.14. The first kappa shape index (κ1) is 12.2. The van der Waals surface area contributed by atoms with E-state index in [4.69, 9.17) is 0 Å². The van der Waals surface area contributed by atoms with E-state index < -0.39 is 23.6 Å². The molecule has 0 aliphatic carbocycles. The summed E-state index contributed by atoms with van der Waals surface area (Å²) in [7, 11) is 0. The van der Waals surface area contributed by atoms with Gasteiger partial charge in [-0.3, -0.25) is 9.89 Å². The molecular weight excluding hydrogens is 240 g/mol. The lowest BCUT2D eigenvalue weighted by atomic mass is 10.1. The second-order valence-corrected chi connectivity index (χ2v) is 3.85. The SMILES string of the molecule is CC(NC(=O)c1cn[nH]c1)c1cc(F)ccc1F. The minimum atomic E-state index is -0.636. The highest BCUT2D eigenvalue weighted by molar-refractivity contribution is 5.93. The van der Waals surface area contributed by atoms with E-state index in [2.05, 4.69) is 15.5 Å². The number of carbonyl (C=O) groups is 1. The zero-order chi connectivity index (χ0) is 13.1. The van der Waals surface area contributed by atoms with Crippen molar-refractivity contribution in [2.24, 2.45) is 0 Å². The number of halogens is 2. The van der Waals surface area contributed by atoms with Gasteiger partial charge < -0.3 is 5.32 Å². The fourth-order valence-corrected chi connectivity index (χ4v) is 1.58. The van der Waals surface area contributed by atoms with Crippen molar-refractivity contribution < 1.29 is 13.6 Å². The van der Waals surface area contributed by atoms with Crippen LogP contribution in [0.3, 0.4) is 0 Å². The van der Waals surface area contributed by atoms with E-state index >= 15 is 0 Å². The van der Waals surface area contributed by atoms with Crippen molar-refractivity contribution in [1.29, 1.82) is 0 Å². The van der Waals surface area contributed by atoms with Gasteiger partial charge in [-0.1, -0.05) is 0 Å². The molecular formula is C12H11F2N3O. The molecule has 0 spiro atoms. The summed E-state index contributed by atoms with van der Waals surface area (Å²) < 4.78 is 26.5. The van der Waals surface area contributed by atoms with Gasteiger partial charge in [-0.05, 0) is 25.1 Å². The van der Waals surface area contributed by atoms with Crippen LogP contribution in [0.2, 0.25) is 0 Å². The Kier molecular flexibility index (Phi) is 3.36. The van der Waals surface area contributed by atoms with Gasteiger partial charge in [0.2, 0.25) is 0 Å². The van der Waals surface area contributed by atoms with Crippen molar-refractivity contribution in [1.82, 2.24) is 15.5 Å². The van der Waals surface area contributed by atoms with Gasteiger partial charge >= 0.3 is 0 Å². The summed E-state index contributed by atoms with van der Waals surface area (Å²) in [6, 6.07) is 2.49. The number of nitrogens with zero attached hydrogens (tertiary/aromatic N) is 1. The van der Waals surface area contributed by atoms with Crippen LogP contribution >= 0.6 is 0 Å². The Morgan fingerprint density at radius 2 is 2.22 bits per heavy atom.